The van der Waals surface area contributed by atoms with Crippen molar-refractivity contribution in [3.8, 4) is 17.2 Å². The Hall–Kier alpha value is -2.25. The number of halogens is 1. The van der Waals surface area contributed by atoms with Gasteiger partial charge in [-0.3, -0.25) is 0 Å². The van der Waals surface area contributed by atoms with Crippen LogP contribution in [-0.4, -0.2) is 64.0 Å². The normalized spacial score (nSPS) is 14.4. The van der Waals surface area contributed by atoms with Crippen molar-refractivity contribution in [3.63, 3.8) is 0 Å². The van der Waals surface area contributed by atoms with E-state index >= 15 is 0 Å². The van der Waals surface area contributed by atoms with Gasteiger partial charge in [-0.1, -0.05) is 0 Å². The molecule has 2 heterocycles. The molecule has 0 bridgehead atoms. The molecular formula is C19H27ClN4O3. The molecule has 0 atom stereocenters. The molecule has 0 unspecified atom stereocenters. The summed E-state index contributed by atoms with van der Waals surface area (Å²) < 4.78 is 16.3. The Morgan fingerprint density at radius 1 is 0.963 bits per heavy atom. The van der Waals surface area contributed by atoms with Crippen molar-refractivity contribution in [2.45, 2.75) is 6.42 Å². The Balaban J connectivity index is 0.00000261. The Kier molecular flexibility index (Phi) is 7.94. The highest BCUT2D eigenvalue weighted by Crippen LogP contribution is 2.38. The van der Waals surface area contributed by atoms with E-state index in [2.05, 4.69) is 14.9 Å². The monoisotopic (exact) mass is 394 g/mol. The third-order valence-electron chi connectivity index (χ3n) is 4.80. The molecule has 7 nitrogen and oxygen atoms in total. The average molecular weight is 395 g/mol. The fourth-order valence-electron chi connectivity index (χ4n) is 3.33. The molecule has 1 N–H and O–H groups in total. The third kappa shape index (κ3) is 5.14. The van der Waals surface area contributed by atoms with Crippen LogP contribution in [0.2, 0.25) is 0 Å². The van der Waals surface area contributed by atoms with Crippen LogP contribution in [0.25, 0.3) is 0 Å². The van der Waals surface area contributed by atoms with Gasteiger partial charge in [0.05, 0.1) is 54.1 Å². The van der Waals surface area contributed by atoms with E-state index in [0.29, 0.717) is 17.2 Å². The van der Waals surface area contributed by atoms with Crippen LogP contribution in [-0.2, 0) is 6.42 Å². The van der Waals surface area contributed by atoms with E-state index in [1.165, 1.54) is 5.56 Å². The first-order chi connectivity index (χ1) is 12.7. The predicted molar refractivity (Wildman–Crippen MR) is 99.6 cm³/mol. The molecule has 2 aromatic rings. The zero-order chi connectivity index (χ0) is 18.4. The van der Waals surface area contributed by atoms with Gasteiger partial charge in [-0.05, 0) is 23.8 Å². The maximum Gasteiger partial charge on any atom is 0.225 e. The number of piperazine rings is 1. The van der Waals surface area contributed by atoms with Crippen LogP contribution in [0.1, 0.15) is 5.56 Å². The summed E-state index contributed by atoms with van der Waals surface area (Å²) in [5.74, 6) is 2.89. The molecule has 148 valence electrons. The molecule has 3 rings (SSSR count). The van der Waals surface area contributed by atoms with E-state index < -0.39 is 0 Å². The van der Waals surface area contributed by atoms with E-state index in [0.717, 1.165) is 45.1 Å². The average Bonchev–Trinajstić information content (AvgIpc) is 2.72. The van der Waals surface area contributed by atoms with Crippen molar-refractivity contribution in [1.29, 1.82) is 0 Å². The zero-order valence-electron chi connectivity index (χ0n) is 16.1. The van der Waals surface area contributed by atoms with Crippen molar-refractivity contribution in [2.75, 3.05) is 59.0 Å². The van der Waals surface area contributed by atoms with Crippen LogP contribution in [0.3, 0.4) is 0 Å². The smallest absolute Gasteiger partial charge is 0.225 e. The highest BCUT2D eigenvalue weighted by Gasteiger charge is 2.22. The molecule has 0 amide bonds. The molecule has 1 aromatic carbocycles. The quantitative estimate of drug-likeness (QED) is 0.558. The Morgan fingerprint density at radius 3 is 2.07 bits per heavy atom. The van der Waals surface area contributed by atoms with Crippen LogP contribution in [0.15, 0.2) is 30.6 Å². The summed E-state index contributed by atoms with van der Waals surface area (Å²) in [6, 6.07) is 5.92. The van der Waals surface area contributed by atoms with Gasteiger partial charge in [0.25, 0.3) is 0 Å². The summed E-state index contributed by atoms with van der Waals surface area (Å²) in [6.45, 7) is 5.21. The second-order valence-corrected chi connectivity index (χ2v) is 6.32. The van der Waals surface area contributed by atoms with Gasteiger partial charge in [-0.15, -0.1) is 0 Å². The number of nitrogens with one attached hydrogen (secondary N) is 1. The van der Waals surface area contributed by atoms with Crippen molar-refractivity contribution in [3.05, 3.63) is 36.2 Å². The van der Waals surface area contributed by atoms with Crippen LogP contribution >= 0.6 is 0 Å². The first-order valence-electron chi connectivity index (χ1n) is 8.89. The van der Waals surface area contributed by atoms with Gasteiger partial charge in [0.15, 0.2) is 11.5 Å². The molecule has 1 saturated heterocycles. The molecule has 1 aliphatic heterocycles. The lowest BCUT2D eigenvalue weighted by atomic mass is 10.1. The molecule has 0 spiro atoms. The molecule has 27 heavy (non-hydrogen) atoms. The summed E-state index contributed by atoms with van der Waals surface area (Å²) in [7, 11) is 4.93. The Morgan fingerprint density at radius 2 is 1.56 bits per heavy atom. The second-order valence-electron chi connectivity index (χ2n) is 6.32. The van der Waals surface area contributed by atoms with Crippen molar-refractivity contribution in [2.24, 2.45) is 0 Å². The lowest BCUT2D eigenvalue weighted by molar-refractivity contribution is -0.900. The summed E-state index contributed by atoms with van der Waals surface area (Å²) in [6.07, 6.45) is 4.56. The lowest BCUT2D eigenvalue weighted by Crippen LogP contribution is -3.15. The Labute approximate surface area is 166 Å². The van der Waals surface area contributed by atoms with Crippen molar-refractivity contribution < 1.29 is 31.5 Å². The van der Waals surface area contributed by atoms with Gasteiger partial charge >= 0.3 is 0 Å². The number of quaternary nitrogens is 1. The largest absolute Gasteiger partial charge is 1.00 e. The molecule has 1 aromatic heterocycles. The fourth-order valence-corrected chi connectivity index (χ4v) is 3.33. The highest BCUT2D eigenvalue weighted by molar-refractivity contribution is 5.53. The zero-order valence-corrected chi connectivity index (χ0v) is 16.8. The molecule has 1 aliphatic rings. The van der Waals surface area contributed by atoms with Gasteiger partial charge in [-0.2, -0.15) is 0 Å². The second kappa shape index (κ2) is 10.2. The minimum absolute atomic E-state index is 0. The number of rotatable bonds is 7. The molecule has 1 fully saturated rings. The number of aromatic nitrogens is 2. The number of methoxy groups -OCH3 is 3. The lowest BCUT2D eigenvalue weighted by Gasteiger charge is -2.32. The number of hydrogen-bond acceptors (Lipinski definition) is 6. The van der Waals surface area contributed by atoms with Gasteiger partial charge in [0.1, 0.15) is 0 Å². The molecule has 0 radical (unpaired) electrons. The summed E-state index contributed by atoms with van der Waals surface area (Å²) >= 11 is 0. The van der Waals surface area contributed by atoms with Crippen molar-refractivity contribution in [1.82, 2.24) is 9.97 Å². The topological polar surface area (TPSA) is 61.2 Å². The number of ether oxygens (including phenoxy) is 3. The van der Waals surface area contributed by atoms with Crippen molar-refractivity contribution >= 4 is 5.95 Å². The minimum Gasteiger partial charge on any atom is -1.00 e. The molecule has 8 heteroatoms. The van der Waals surface area contributed by atoms with Gasteiger partial charge in [0.2, 0.25) is 11.7 Å². The summed E-state index contributed by atoms with van der Waals surface area (Å²) in [5, 5.41) is 0. The standard InChI is InChI=1S/C19H26N4O3.ClH/c1-24-16-13-15(14-17(25-2)18(16)26-3)5-8-22-9-11-23(12-10-22)19-20-6-4-7-21-19;/h4,6-7,13-14H,5,8-12H2,1-3H3;1H. The SMILES string of the molecule is COc1cc(CC[NH+]2CCN(c3ncccn3)CC2)cc(OC)c1OC.[Cl-]. The predicted octanol–water partition coefficient (Wildman–Crippen LogP) is -2.55. The van der Waals surface area contributed by atoms with Gasteiger partial charge in [-0.25, -0.2) is 9.97 Å². The molecule has 0 saturated carbocycles. The van der Waals surface area contributed by atoms with Gasteiger partial charge < -0.3 is 36.4 Å². The van der Waals surface area contributed by atoms with E-state index in [1.54, 1.807) is 38.6 Å². The minimum atomic E-state index is 0. The van der Waals surface area contributed by atoms with E-state index in [1.807, 2.05) is 18.2 Å². The van der Waals surface area contributed by atoms with Crippen LogP contribution in [0, 0.1) is 0 Å². The first kappa shape index (κ1) is 21.1. The number of anilines is 1. The first-order valence-corrected chi connectivity index (χ1v) is 8.89. The van der Waals surface area contributed by atoms with Gasteiger partial charge in [0, 0.05) is 18.8 Å². The summed E-state index contributed by atoms with van der Waals surface area (Å²) in [5.41, 5.74) is 1.20. The van der Waals surface area contributed by atoms with E-state index in [4.69, 9.17) is 14.2 Å². The summed E-state index contributed by atoms with van der Waals surface area (Å²) in [4.78, 5) is 12.5. The Bertz CT molecular complexity index is 684. The number of nitrogens with zero attached hydrogens (tertiary/aromatic N) is 3. The van der Waals surface area contributed by atoms with Crippen LogP contribution in [0.5, 0.6) is 17.2 Å². The number of benzene rings is 1. The maximum atomic E-state index is 5.44. The highest BCUT2D eigenvalue weighted by atomic mass is 35.5. The van der Waals surface area contributed by atoms with Crippen LogP contribution in [0.4, 0.5) is 5.95 Å². The van der Waals surface area contributed by atoms with E-state index in [-0.39, 0.29) is 12.4 Å². The fraction of sp³-hybridized carbons (Fsp3) is 0.474. The third-order valence-corrected chi connectivity index (χ3v) is 4.80. The van der Waals surface area contributed by atoms with E-state index in [9.17, 15) is 0 Å². The van der Waals surface area contributed by atoms with Crippen LogP contribution < -0.4 is 36.4 Å². The number of hydrogen-bond donors (Lipinski definition) is 1. The molecular weight excluding hydrogens is 368 g/mol. The molecule has 0 aliphatic carbocycles. The maximum absolute atomic E-state index is 5.44.